The van der Waals surface area contributed by atoms with Crippen LogP contribution in [-0.4, -0.2) is 40.2 Å². The van der Waals surface area contributed by atoms with Gasteiger partial charge in [-0.2, -0.15) is 13.9 Å². The Bertz CT molecular complexity index is 1450. The molecule has 0 radical (unpaired) electrons. The zero-order valence-corrected chi connectivity index (χ0v) is 22.2. The summed E-state index contributed by atoms with van der Waals surface area (Å²) in [6.07, 6.45) is 0.949. The number of esters is 1. The van der Waals surface area contributed by atoms with Crippen molar-refractivity contribution in [2.45, 2.75) is 45.8 Å². The number of hydrogen-bond donors (Lipinski definition) is 1. The van der Waals surface area contributed by atoms with Gasteiger partial charge in [-0.05, 0) is 54.8 Å². The van der Waals surface area contributed by atoms with Crippen molar-refractivity contribution >= 4 is 22.8 Å². The van der Waals surface area contributed by atoms with Gasteiger partial charge >= 0.3 is 11.9 Å². The van der Waals surface area contributed by atoms with Crippen LogP contribution in [-0.2, 0) is 9.53 Å². The Balaban J connectivity index is 1.59. The number of amides is 1. The number of carbonyl (C=O) groups excluding carboxylic acids is 2. The summed E-state index contributed by atoms with van der Waals surface area (Å²) in [5.41, 5.74) is 2.62. The Morgan fingerprint density at radius 2 is 1.74 bits per heavy atom. The molecule has 4 rings (SSSR count). The summed E-state index contributed by atoms with van der Waals surface area (Å²) in [5, 5.41) is 7.62. The van der Waals surface area contributed by atoms with Crippen LogP contribution in [0.3, 0.4) is 0 Å². The van der Waals surface area contributed by atoms with Crippen molar-refractivity contribution in [1.82, 2.24) is 15.1 Å². The van der Waals surface area contributed by atoms with E-state index in [0.717, 1.165) is 16.5 Å². The third kappa shape index (κ3) is 6.79. The predicted octanol–water partition coefficient (Wildman–Crippen LogP) is 6.12. The number of benzene rings is 3. The number of alkyl halides is 2. The fourth-order valence-electron chi connectivity index (χ4n) is 4.04. The minimum absolute atomic E-state index is 0.233. The molecule has 4 aromatic rings. The van der Waals surface area contributed by atoms with Crippen LogP contribution in [0, 0.1) is 5.92 Å². The number of fused-ring (bicyclic) bond motifs is 1. The normalized spacial score (nSPS) is 13.2. The van der Waals surface area contributed by atoms with E-state index in [9.17, 15) is 18.4 Å². The van der Waals surface area contributed by atoms with Crippen LogP contribution in [0.2, 0.25) is 0 Å². The lowest BCUT2D eigenvalue weighted by molar-refractivity contribution is -0.144. The first-order valence-electron chi connectivity index (χ1n) is 12.7. The van der Waals surface area contributed by atoms with Crippen molar-refractivity contribution < 1.29 is 27.8 Å². The lowest BCUT2D eigenvalue weighted by atomic mass is 10.0. The second-order valence-electron chi connectivity index (χ2n) is 9.92. The molecule has 0 bridgehead atoms. The molecule has 0 spiro atoms. The Morgan fingerprint density at radius 3 is 2.44 bits per heavy atom. The van der Waals surface area contributed by atoms with Crippen molar-refractivity contribution in [3.8, 4) is 11.4 Å². The smallest absolute Gasteiger partial charge is 0.338 e. The van der Waals surface area contributed by atoms with Crippen LogP contribution in [0.5, 0.6) is 5.75 Å². The topological polar surface area (TPSA) is 82.5 Å². The number of ether oxygens (including phenoxy) is 2. The summed E-state index contributed by atoms with van der Waals surface area (Å²) < 4.78 is 40.4. The van der Waals surface area contributed by atoms with E-state index in [4.69, 9.17) is 9.47 Å². The van der Waals surface area contributed by atoms with Crippen molar-refractivity contribution in [2.24, 2.45) is 5.92 Å². The summed E-state index contributed by atoms with van der Waals surface area (Å²) in [5.74, 6) is -4.56. The number of halogens is 2. The van der Waals surface area contributed by atoms with Gasteiger partial charge in [-0.25, -0.2) is 9.48 Å². The molecule has 1 aromatic heterocycles. The lowest BCUT2D eigenvalue weighted by Crippen LogP contribution is -2.46. The molecule has 2 atom stereocenters. The number of carbonyl (C=O) groups is 2. The van der Waals surface area contributed by atoms with E-state index in [1.54, 1.807) is 48.1 Å². The molecule has 0 saturated heterocycles. The molecule has 0 saturated carbocycles. The zero-order valence-electron chi connectivity index (χ0n) is 22.2. The maximum atomic E-state index is 13.5. The first kappa shape index (κ1) is 27.8. The van der Waals surface area contributed by atoms with Crippen LogP contribution in [0.4, 0.5) is 8.78 Å². The fourth-order valence-corrected chi connectivity index (χ4v) is 4.04. The van der Waals surface area contributed by atoms with Crippen molar-refractivity contribution in [1.29, 1.82) is 0 Å². The van der Waals surface area contributed by atoms with Gasteiger partial charge < -0.3 is 14.8 Å². The quantitative estimate of drug-likeness (QED) is 0.248. The highest BCUT2D eigenvalue weighted by molar-refractivity contribution is 5.90. The van der Waals surface area contributed by atoms with E-state index in [1.165, 1.54) is 0 Å². The largest absolute Gasteiger partial charge is 0.484 e. The molecule has 0 aliphatic rings. The Morgan fingerprint density at radius 1 is 1.00 bits per heavy atom. The molecule has 0 unspecified atom stereocenters. The Kier molecular flexibility index (Phi) is 8.28. The third-order valence-electron chi connectivity index (χ3n) is 6.02. The highest BCUT2D eigenvalue weighted by Crippen LogP contribution is 2.29. The fraction of sp³-hybridized carbons (Fsp3) is 0.300. The van der Waals surface area contributed by atoms with Crippen molar-refractivity contribution in [3.05, 3.63) is 90.1 Å². The summed E-state index contributed by atoms with van der Waals surface area (Å²) in [7, 11) is 0. The minimum atomic E-state index is -3.51. The zero-order chi connectivity index (χ0) is 28.2. The molecule has 39 heavy (non-hydrogen) atoms. The summed E-state index contributed by atoms with van der Waals surface area (Å²) in [6, 6.07) is 20.7. The van der Waals surface area contributed by atoms with Gasteiger partial charge in [0.25, 0.3) is 5.91 Å². The molecule has 7 nitrogen and oxygen atoms in total. The van der Waals surface area contributed by atoms with E-state index in [0.29, 0.717) is 30.5 Å². The molecular weight excluding hydrogens is 504 g/mol. The number of nitrogens with zero attached hydrogens (tertiary/aromatic N) is 2. The van der Waals surface area contributed by atoms with Gasteiger partial charge in [0.2, 0.25) is 0 Å². The molecule has 1 N–H and O–H groups in total. The minimum Gasteiger partial charge on any atom is -0.484 e. The van der Waals surface area contributed by atoms with Gasteiger partial charge in [0.15, 0.2) is 0 Å². The van der Waals surface area contributed by atoms with E-state index < -0.39 is 29.9 Å². The van der Waals surface area contributed by atoms with Gasteiger partial charge in [0.1, 0.15) is 11.9 Å². The molecular formula is C30H31F2N3O4. The van der Waals surface area contributed by atoms with E-state index in [2.05, 4.69) is 10.4 Å². The molecule has 0 aliphatic heterocycles. The van der Waals surface area contributed by atoms with E-state index in [-0.39, 0.29) is 5.92 Å². The second kappa shape index (κ2) is 11.6. The van der Waals surface area contributed by atoms with Crippen LogP contribution in [0.15, 0.2) is 79.0 Å². The van der Waals surface area contributed by atoms with E-state index >= 15 is 0 Å². The molecule has 0 aliphatic carbocycles. The van der Waals surface area contributed by atoms with Crippen molar-refractivity contribution in [3.63, 3.8) is 0 Å². The van der Waals surface area contributed by atoms with Crippen molar-refractivity contribution in [2.75, 3.05) is 6.61 Å². The van der Waals surface area contributed by atoms with Crippen LogP contribution in [0.25, 0.3) is 16.6 Å². The average molecular weight is 536 g/mol. The molecule has 1 heterocycles. The molecule has 3 aromatic carbocycles. The maximum absolute atomic E-state index is 13.5. The van der Waals surface area contributed by atoms with E-state index in [1.807, 2.05) is 56.3 Å². The van der Waals surface area contributed by atoms with Gasteiger partial charge in [-0.1, -0.05) is 50.2 Å². The first-order valence-corrected chi connectivity index (χ1v) is 12.7. The van der Waals surface area contributed by atoms with Crippen LogP contribution >= 0.6 is 0 Å². The number of nitrogens with one attached hydrogen (secondary N) is 1. The predicted molar refractivity (Wildman–Crippen MR) is 144 cm³/mol. The molecule has 0 fully saturated rings. The highest BCUT2D eigenvalue weighted by Gasteiger charge is 2.35. The molecule has 9 heteroatoms. The average Bonchev–Trinajstić information content (AvgIpc) is 3.33. The van der Waals surface area contributed by atoms with Gasteiger partial charge in [-0.15, -0.1) is 0 Å². The van der Waals surface area contributed by atoms with Gasteiger partial charge in [-0.3, -0.25) is 4.79 Å². The standard InChI is InChI=1S/C30H31F2N3O4/c1-19(2)18-38-28(36)22-11-8-12-24(15-22)35-26-14-13-25(16-23(26)17-33-35)39-27(21-9-6-5-7-10-21)20(3)34-29(37)30(4,31)32/h5-17,19-20,27H,18H2,1-4H3,(H,34,37)/t20-,27-/m0/s1. The van der Waals surface area contributed by atoms with Gasteiger partial charge in [0.05, 0.1) is 35.6 Å². The Labute approximate surface area is 225 Å². The number of aromatic nitrogens is 2. The molecule has 204 valence electrons. The maximum Gasteiger partial charge on any atom is 0.338 e. The third-order valence-corrected chi connectivity index (χ3v) is 6.02. The van der Waals surface area contributed by atoms with Crippen LogP contribution < -0.4 is 10.1 Å². The molecule has 1 amide bonds. The SMILES string of the molecule is CC(C)COC(=O)c1cccc(-n2ncc3cc(O[C@H](c4ccccc4)[C@H](C)NC(=O)C(C)(F)F)ccc32)c1. The Hall–Kier alpha value is -4.27. The number of hydrogen-bond acceptors (Lipinski definition) is 5. The summed E-state index contributed by atoms with van der Waals surface area (Å²) in [4.78, 5) is 24.4. The monoisotopic (exact) mass is 535 g/mol. The highest BCUT2D eigenvalue weighted by atomic mass is 19.3. The number of rotatable bonds is 10. The second-order valence-corrected chi connectivity index (χ2v) is 9.92. The summed E-state index contributed by atoms with van der Waals surface area (Å²) >= 11 is 0. The lowest BCUT2D eigenvalue weighted by Gasteiger charge is -2.27. The van der Waals surface area contributed by atoms with Crippen LogP contribution in [0.1, 0.15) is 49.7 Å². The van der Waals surface area contributed by atoms with Gasteiger partial charge in [0, 0.05) is 12.3 Å². The first-order chi connectivity index (χ1) is 18.5. The summed E-state index contributed by atoms with van der Waals surface area (Å²) in [6.45, 7) is 6.46.